The highest BCUT2D eigenvalue weighted by atomic mass is 79.9. The van der Waals surface area contributed by atoms with Gasteiger partial charge in [-0.25, -0.2) is 9.59 Å². The zero-order chi connectivity index (χ0) is 25.8. The van der Waals surface area contributed by atoms with Crippen LogP contribution in [0.1, 0.15) is 37.8 Å². The summed E-state index contributed by atoms with van der Waals surface area (Å²) >= 11 is 4.19. The average molecular weight is 572 g/mol. The van der Waals surface area contributed by atoms with E-state index in [1.54, 1.807) is 36.4 Å². The van der Waals surface area contributed by atoms with Crippen LogP contribution in [0, 0.1) is 0 Å². The number of amides is 2. The normalized spacial score (nSPS) is 14.4. The van der Waals surface area contributed by atoms with Crippen LogP contribution in [0.2, 0.25) is 0 Å². The third-order valence-electron chi connectivity index (χ3n) is 5.09. The standard InChI is InChI=1S/C25H18BrNO8S/c1-33-24(31)20-9-7-18(35-20)12-27-22(28)21(36-25(27)32)11-16-10-17(26)6-8-19(16)34-13-14-2-4-15(5-3-14)23(29)30/h2-11H,12-13H2,1H3,(H,29,30)/b21-11+. The van der Waals surface area contributed by atoms with E-state index in [2.05, 4.69) is 20.7 Å². The number of esters is 1. The molecule has 11 heteroatoms. The first-order valence-corrected chi connectivity index (χ1v) is 12.0. The Labute approximate surface area is 217 Å². The molecule has 9 nitrogen and oxygen atoms in total. The zero-order valence-electron chi connectivity index (χ0n) is 18.7. The van der Waals surface area contributed by atoms with Crippen LogP contribution in [0.15, 0.2) is 68.4 Å². The van der Waals surface area contributed by atoms with Gasteiger partial charge in [-0.3, -0.25) is 14.5 Å². The number of ether oxygens (including phenoxy) is 2. The molecule has 2 aromatic carbocycles. The number of hydrogen-bond donors (Lipinski definition) is 1. The molecule has 1 aliphatic rings. The van der Waals surface area contributed by atoms with E-state index in [-0.39, 0.29) is 35.1 Å². The van der Waals surface area contributed by atoms with Crippen LogP contribution in [0.3, 0.4) is 0 Å². The topological polar surface area (TPSA) is 123 Å². The maximum Gasteiger partial charge on any atom is 0.373 e. The van der Waals surface area contributed by atoms with E-state index in [1.807, 2.05) is 0 Å². The minimum absolute atomic E-state index is 0.0245. The summed E-state index contributed by atoms with van der Waals surface area (Å²) in [7, 11) is 1.22. The number of carboxylic acid groups (broad SMARTS) is 1. The summed E-state index contributed by atoms with van der Waals surface area (Å²) in [5.74, 6) is -1.46. The van der Waals surface area contributed by atoms with Gasteiger partial charge in [0.2, 0.25) is 5.76 Å². The Morgan fingerprint density at radius 3 is 2.56 bits per heavy atom. The molecule has 1 aliphatic heterocycles. The van der Waals surface area contributed by atoms with Gasteiger partial charge in [-0.1, -0.05) is 28.1 Å². The van der Waals surface area contributed by atoms with Crippen molar-refractivity contribution in [2.45, 2.75) is 13.2 Å². The van der Waals surface area contributed by atoms with E-state index < -0.39 is 23.1 Å². The molecule has 36 heavy (non-hydrogen) atoms. The molecule has 0 unspecified atom stereocenters. The summed E-state index contributed by atoms with van der Waals surface area (Å²) in [6.45, 7) is 0.0397. The van der Waals surface area contributed by atoms with Crippen molar-refractivity contribution in [2.75, 3.05) is 7.11 Å². The highest BCUT2D eigenvalue weighted by Crippen LogP contribution is 2.36. The van der Waals surface area contributed by atoms with Crippen LogP contribution in [-0.4, -0.2) is 40.2 Å². The van der Waals surface area contributed by atoms with E-state index in [0.29, 0.717) is 11.3 Å². The lowest BCUT2D eigenvalue weighted by molar-refractivity contribution is -0.123. The van der Waals surface area contributed by atoms with E-state index in [1.165, 1.54) is 31.4 Å². The Hall–Kier alpha value is -3.83. The number of nitrogens with zero attached hydrogens (tertiary/aromatic N) is 1. The van der Waals surface area contributed by atoms with Crippen molar-refractivity contribution in [3.63, 3.8) is 0 Å². The van der Waals surface area contributed by atoms with Gasteiger partial charge < -0.3 is 19.0 Å². The number of halogens is 1. The molecular weight excluding hydrogens is 554 g/mol. The number of furan rings is 1. The molecule has 0 saturated carbocycles. The van der Waals surface area contributed by atoms with Gasteiger partial charge in [0.05, 0.1) is 24.1 Å². The third kappa shape index (κ3) is 5.69. The van der Waals surface area contributed by atoms with Crippen LogP contribution < -0.4 is 4.74 Å². The summed E-state index contributed by atoms with van der Waals surface area (Å²) in [5.41, 5.74) is 1.51. The molecule has 3 aromatic rings. The van der Waals surface area contributed by atoms with Crippen LogP contribution in [0.5, 0.6) is 5.75 Å². The fraction of sp³-hybridized carbons (Fsp3) is 0.120. The predicted octanol–water partition coefficient (Wildman–Crippen LogP) is 5.34. The number of methoxy groups -OCH3 is 1. The number of rotatable bonds is 8. The summed E-state index contributed by atoms with van der Waals surface area (Å²) < 4.78 is 16.6. The van der Waals surface area contributed by atoms with Gasteiger partial charge in [0.15, 0.2) is 0 Å². The summed E-state index contributed by atoms with van der Waals surface area (Å²) in [4.78, 5) is 49.3. The first-order chi connectivity index (χ1) is 17.2. The molecule has 184 valence electrons. The number of aromatic carboxylic acids is 1. The second kappa shape index (κ2) is 10.8. The van der Waals surface area contributed by atoms with Gasteiger partial charge in [-0.05, 0) is 65.9 Å². The monoisotopic (exact) mass is 571 g/mol. The van der Waals surface area contributed by atoms with Crippen molar-refractivity contribution >= 4 is 56.9 Å². The average Bonchev–Trinajstić information content (AvgIpc) is 3.44. The van der Waals surface area contributed by atoms with Gasteiger partial charge in [-0.15, -0.1) is 0 Å². The number of carboxylic acids is 1. The van der Waals surface area contributed by atoms with Crippen molar-refractivity contribution in [1.82, 2.24) is 4.90 Å². The Morgan fingerprint density at radius 2 is 1.86 bits per heavy atom. The van der Waals surface area contributed by atoms with Crippen LogP contribution in [0.4, 0.5) is 4.79 Å². The fourth-order valence-corrected chi connectivity index (χ4v) is 4.48. The molecule has 1 fully saturated rings. The maximum absolute atomic E-state index is 13.0. The van der Waals surface area contributed by atoms with E-state index in [0.717, 1.165) is 26.7 Å². The quantitative estimate of drug-likeness (QED) is 0.281. The smallest absolute Gasteiger partial charge is 0.373 e. The number of carbonyl (C=O) groups excluding carboxylic acids is 3. The Morgan fingerprint density at radius 1 is 1.11 bits per heavy atom. The fourth-order valence-electron chi connectivity index (χ4n) is 3.27. The largest absolute Gasteiger partial charge is 0.488 e. The van der Waals surface area contributed by atoms with Gasteiger partial charge in [-0.2, -0.15) is 0 Å². The molecule has 4 rings (SSSR count). The van der Waals surface area contributed by atoms with Crippen LogP contribution in [0.25, 0.3) is 6.08 Å². The lowest BCUT2D eigenvalue weighted by Crippen LogP contribution is -2.27. The highest BCUT2D eigenvalue weighted by Gasteiger charge is 2.36. The van der Waals surface area contributed by atoms with Crippen LogP contribution >= 0.6 is 27.7 Å². The van der Waals surface area contributed by atoms with Gasteiger partial charge >= 0.3 is 11.9 Å². The molecule has 0 bridgehead atoms. The molecule has 0 atom stereocenters. The van der Waals surface area contributed by atoms with Crippen molar-refractivity contribution < 1.29 is 38.2 Å². The van der Waals surface area contributed by atoms with Crippen LogP contribution in [-0.2, 0) is 22.7 Å². The van der Waals surface area contributed by atoms with Gasteiger partial charge in [0.25, 0.3) is 11.1 Å². The number of thioether (sulfide) groups is 1. The molecule has 1 saturated heterocycles. The summed E-state index contributed by atoms with van der Waals surface area (Å²) in [6, 6.07) is 14.5. The number of imide groups is 1. The summed E-state index contributed by atoms with van der Waals surface area (Å²) in [6.07, 6.45) is 1.57. The van der Waals surface area contributed by atoms with E-state index in [9.17, 15) is 19.2 Å². The Balaban J connectivity index is 1.50. The molecule has 0 aliphatic carbocycles. The van der Waals surface area contributed by atoms with Crippen molar-refractivity contribution in [1.29, 1.82) is 0 Å². The molecule has 1 N–H and O–H groups in total. The molecule has 2 heterocycles. The number of benzene rings is 2. The third-order valence-corrected chi connectivity index (χ3v) is 6.49. The van der Waals surface area contributed by atoms with Crippen molar-refractivity contribution in [3.05, 3.63) is 92.2 Å². The summed E-state index contributed by atoms with van der Waals surface area (Å²) in [5, 5.41) is 8.56. The molecule has 0 spiro atoms. The first-order valence-electron chi connectivity index (χ1n) is 10.4. The minimum atomic E-state index is -1.01. The van der Waals surface area contributed by atoms with Crippen molar-refractivity contribution in [2.24, 2.45) is 0 Å². The molecular formula is C25H18BrNO8S. The SMILES string of the molecule is COC(=O)c1ccc(CN2C(=O)S/C(=C/c3cc(Br)ccc3OCc3ccc(C(=O)O)cc3)C2=O)o1. The van der Waals surface area contributed by atoms with E-state index in [4.69, 9.17) is 14.3 Å². The van der Waals surface area contributed by atoms with Gasteiger partial charge in [0, 0.05) is 10.0 Å². The second-order valence-corrected chi connectivity index (χ2v) is 9.41. The Kier molecular flexibility index (Phi) is 7.61. The number of carbonyl (C=O) groups is 4. The highest BCUT2D eigenvalue weighted by molar-refractivity contribution is 9.10. The Bertz CT molecular complexity index is 1380. The van der Waals surface area contributed by atoms with Gasteiger partial charge in [0.1, 0.15) is 18.1 Å². The molecule has 2 amide bonds. The van der Waals surface area contributed by atoms with E-state index >= 15 is 0 Å². The van der Waals surface area contributed by atoms with Crippen molar-refractivity contribution in [3.8, 4) is 5.75 Å². The zero-order valence-corrected chi connectivity index (χ0v) is 21.1. The maximum atomic E-state index is 13.0. The first kappa shape index (κ1) is 25.3. The lowest BCUT2D eigenvalue weighted by atomic mass is 10.1. The predicted molar refractivity (Wildman–Crippen MR) is 133 cm³/mol. The lowest BCUT2D eigenvalue weighted by Gasteiger charge is -2.11. The second-order valence-electron chi connectivity index (χ2n) is 7.50. The molecule has 1 aromatic heterocycles. The minimum Gasteiger partial charge on any atom is -0.488 e. The number of hydrogen-bond acceptors (Lipinski definition) is 8. The molecule has 0 radical (unpaired) electrons.